The number of carbonyl (C=O) groups excluding carboxylic acids is 6. The van der Waals surface area contributed by atoms with Crippen LogP contribution in [-0.4, -0.2) is 117 Å². The summed E-state index contributed by atoms with van der Waals surface area (Å²) in [6.07, 6.45) is -10.5. The van der Waals surface area contributed by atoms with Crippen molar-refractivity contribution in [3.63, 3.8) is 0 Å². The lowest BCUT2D eigenvalue weighted by Gasteiger charge is -2.31. The Kier molecular flexibility index (Phi) is 16.7. The van der Waals surface area contributed by atoms with E-state index in [-0.39, 0.29) is 34.4 Å². The van der Waals surface area contributed by atoms with Crippen LogP contribution in [0.3, 0.4) is 0 Å². The summed E-state index contributed by atoms with van der Waals surface area (Å²) in [6.45, 7) is -0.243. The Morgan fingerprint density at radius 2 is 0.973 bits per heavy atom. The van der Waals surface area contributed by atoms with Gasteiger partial charge in [0.1, 0.15) is 6.04 Å². The van der Waals surface area contributed by atoms with E-state index >= 15 is 0 Å². The Hall–Kier alpha value is -10.9. The Balaban J connectivity index is 1.32. The summed E-state index contributed by atoms with van der Waals surface area (Å²) >= 11 is 0. The molecule has 6 unspecified atom stereocenters. The van der Waals surface area contributed by atoms with E-state index in [1.165, 1.54) is 41.3 Å². The smallest absolute Gasteiger partial charge is 0.338 e. The maximum atomic E-state index is 14.6. The fourth-order valence-corrected chi connectivity index (χ4v) is 7.41. The molecule has 6 aromatic rings. The summed E-state index contributed by atoms with van der Waals surface area (Å²) in [5.74, 6) is -12.2. The number of benzene rings is 5. The van der Waals surface area contributed by atoms with Crippen molar-refractivity contribution in [3.05, 3.63) is 114 Å². The predicted octanol–water partition coefficient (Wildman–Crippen LogP) is -5.24. The quantitative estimate of drug-likeness (QED) is 0.0139. The molecule has 6 atom stereocenters. The number of aromatic nitrogens is 2. The lowest BCUT2D eigenvalue weighted by Crippen LogP contribution is -2.58. The highest BCUT2D eigenvalue weighted by Crippen LogP contribution is 2.34. The molecule has 0 aliphatic rings. The van der Waals surface area contributed by atoms with Gasteiger partial charge in [-0.3, -0.25) is 28.8 Å². The number of hydrogen-bond donors (Lipinski definition) is 16. The van der Waals surface area contributed by atoms with Gasteiger partial charge < -0.3 is 93.3 Å². The van der Waals surface area contributed by atoms with Gasteiger partial charge in [0, 0.05) is 6.54 Å². The van der Waals surface area contributed by atoms with Crippen LogP contribution in [0.1, 0.15) is 27.5 Å². The molecule has 390 valence electrons. The number of fused-ring (bicyclic) bond motifs is 3. The van der Waals surface area contributed by atoms with Gasteiger partial charge in [0.05, 0.1) is 11.3 Å². The molecule has 0 saturated carbocycles. The number of aliphatic hydroxyl groups is 1. The van der Waals surface area contributed by atoms with Crippen LogP contribution in [0.25, 0.3) is 32.6 Å². The summed E-state index contributed by atoms with van der Waals surface area (Å²) in [6, 6.07) is 24.9. The highest BCUT2D eigenvalue weighted by molar-refractivity contribution is 6.06. The molecule has 31 heteroatoms. The molecular formula is C44H49N21O10. The van der Waals surface area contributed by atoms with Crippen molar-refractivity contribution in [1.29, 1.82) is 0 Å². The number of guanidine groups is 4. The maximum Gasteiger partial charge on any atom is 0.338 e. The highest BCUT2D eigenvalue weighted by Gasteiger charge is 2.36. The topological polar surface area (TPSA) is 546 Å². The average molecular weight is 1030 g/mol. The number of aliphatic imine (C=N–C) groups is 4. The van der Waals surface area contributed by atoms with Crippen LogP contribution in [0.15, 0.2) is 122 Å². The number of aliphatic hydroxyl groups excluding tert-OH is 1. The third-order valence-electron chi connectivity index (χ3n) is 10.6. The van der Waals surface area contributed by atoms with Crippen molar-refractivity contribution in [2.45, 2.75) is 43.5 Å². The molecule has 0 bridgehead atoms. The number of carboxylic acids is 1. The SMILES string of the molecule is NC(=O)C(N=C(N)N)NC(=O)C(N=C(N)N)NC(=O)C(N=C(N)N)NC(=O)C(N=C(N)N)NC(=O)C(NC(=O)C(O)N(Cc1c2ccccc2cc2ccccc12)c1ccc(C(=O)O)c2nonc12)c1ccccc1. The Morgan fingerprint density at radius 1 is 0.533 bits per heavy atom. The number of carboxylic acid groups (broad SMARTS) is 1. The first-order valence-corrected chi connectivity index (χ1v) is 21.7. The number of anilines is 1. The third-order valence-corrected chi connectivity index (χ3v) is 10.6. The van der Waals surface area contributed by atoms with E-state index in [1.807, 2.05) is 53.1 Å². The van der Waals surface area contributed by atoms with Gasteiger partial charge in [-0.05, 0) is 61.2 Å². The van der Waals surface area contributed by atoms with Crippen LogP contribution < -0.4 is 83.1 Å². The molecule has 0 saturated heterocycles. The highest BCUT2D eigenvalue weighted by atomic mass is 16.6. The summed E-state index contributed by atoms with van der Waals surface area (Å²) < 4.78 is 4.96. The lowest BCUT2D eigenvalue weighted by molar-refractivity contribution is -0.136. The van der Waals surface area contributed by atoms with Gasteiger partial charge in [-0.15, -0.1) is 0 Å². The van der Waals surface area contributed by atoms with E-state index in [4.69, 9.17) is 56.2 Å². The maximum absolute atomic E-state index is 14.6. The van der Waals surface area contributed by atoms with Gasteiger partial charge in [0.25, 0.3) is 29.5 Å². The molecule has 31 nitrogen and oxygen atoms in total. The second kappa shape index (κ2) is 23.4. The zero-order valence-corrected chi connectivity index (χ0v) is 38.9. The van der Waals surface area contributed by atoms with Crippen LogP contribution in [0, 0.1) is 0 Å². The van der Waals surface area contributed by atoms with E-state index in [1.54, 1.807) is 18.2 Å². The number of nitrogens with one attached hydrogen (secondary N) is 5. The van der Waals surface area contributed by atoms with Crippen LogP contribution in [0.5, 0.6) is 0 Å². The molecule has 5 aromatic carbocycles. The van der Waals surface area contributed by atoms with Gasteiger partial charge in [0.2, 0.25) is 36.8 Å². The van der Waals surface area contributed by atoms with Gasteiger partial charge in [-0.1, -0.05) is 78.9 Å². The number of carbonyl (C=O) groups is 7. The normalized spacial score (nSPS) is 13.2. The first kappa shape index (κ1) is 53.5. The summed E-state index contributed by atoms with van der Waals surface area (Å²) in [5.41, 5.74) is 49.2. The molecule has 25 N–H and O–H groups in total. The first-order chi connectivity index (χ1) is 35.6. The number of nitrogens with zero attached hydrogens (tertiary/aromatic N) is 7. The van der Waals surface area contributed by atoms with Crippen molar-refractivity contribution < 1.29 is 48.4 Å². The molecule has 0 aliphatic heterocycles. The third kappa shape index (κ3) is 13.1. The van der Waals surface area contributed by atoms with Crippen LogP contribution in [-0.2, 0) is 35.3 Å². The number of nitrogens with two attached hydrogens (primary N) is 9. The monoisotopic (exact) mass is 1030 g/mol. The average Bonchev–Trinajstić information content (AvgIpc) is 3.85. The van der Waals surface area contributed by atoms with Gasteiger partial charge in [-0.2, -0.15) is 0 Å². The van der Waals surface area contributed by atoms with Crippen molar-refractivity contribution in [3.8, 4) is 0 Å². The second-order valence-electron chi connectivity index (χ2n) is 15.8. The first-order valence-electron chi connectivity index (χ1n) is 21.7. The number of primary amides is 1. The predicted molar refractivity (Wildman–Crippen MR) is 270 cm³/mol. The largest absolute Gasteiger partial charge is 0.478 e. The summed E-state index contributed by atoms with van der Waals surface area (Å²) in [7, 11) is 0. The molecule has 6 rings (SSSR count). The van der Waals surface area contributed by atoms with Crippen molar-refractivity contribution in [2.75, 3.05) is 4.90 Å². The molecule has 6 amide bonds. The minimum absolute atomic E-state index is 0.00784. The fourth-order valence-electron chi connectivity index (χ4n) is 7.41. The van der Waals surface area contributed by atoms with Crippen LogP contribution in [0.4, 0.5) is 5.69 Å². The summed E-state index contributed by atoms with van der Waals surface area (Å²) in [5, 5.41) is 43.9. The number of rotatable bonds is 21. The number of amides is 6. The second-order valence-corrected chi connectivity index (χ2v) is 15.8. The lowest BCUT2D eigenvalue weighted by atomic mass is 9.96. The zero-order valence-electron chi connectivity index (χ0n) is 38.9. The molecule has 1 heterocycles. The van der Waals surface area contributed by atoms with Crippen molar-refractivity contribution in [1.82, 2.24) is 36.9 Å². The molecule has 0 spiro atoms. The molecule has 0 fully saturated rings. The summed E-state index contributed by atoms with van der Waals surface area (Å²) in [4.78, 5) is 110. The number of aromatic carboxylic acids is 1. The van der Waals surface area contributed by atoms with E-state index in [2.05, 4.69) is 46.2 Å². The molecular weight excluding hydrogens is 983 g/mol. The molecule has 0 radical (unpaired) electrons. The molecule has 75 heavy (non-hydrogen) atoms. The van der Waals surface area contributed by atoms with Gasteiger partial charge in [-0.25, -0.2) is 29.4 Å². The van der Waals surface area contributed by atoms with E-state index in [0.29, 0.717) is 5.56 Å². The molecule has 1 aromatic heterocycles. The standard InChI is InChI=1S/C44H49N21O10/c45-29(66)30(59-41(46)47)55-35(68)32(61-43(50)51)57-37(70)33(62-44(52)53)58-36(69)31(60-42(48)49)56-34(67)26(18-8-2-1-3-9-18)54-38(71)39(72)65(25-15-14-23(40(73)74)27-28(25)64-75-63-27)17-24-21-12-6-4-10-19(21)16-20-11-5-7-13-22(20)24/h1-16,26,30-33,39,72H,17H2,(H2,45,66)(H,54,71)(H,55,68)(H,56,67)(H,57,70)(H,58,69)(H,73,74)(H4,46,47,59)(H4,48,49,60)(H4,50,51,61)(H4,52,53,62). The van der Waals surface area contributed by atoms with Crippen molar-refractivity contribution >= 4 is 104 Å². The van der Waals surface area contributed by atoms with E-state index in [9.17, 15) is 43.8 Å². The minimum Gasteiger partial charge on any atom is -0.478 e. The fraction of sp³-hybridized carbons (Fsp3) is 0.159. The minimum atomic E-state index is -2.22. The Morgan fingerprint density at radius 3 is 1.45 bits per heavy atom. The van der Waals surface area contributed by atoms with E-state index < -0.39 is 102 Å². The van der Waals surface area contributed by atoms with Gasteiger partial charge >= 0.3 is 5.97 Å². The Labute approximate surface area is 421 Å². The molecule has 0 aliphatic carbocycles. The van der Waals surface area contributed by atoms with Gasteiger partial charge in [0.15, 0.2) is 34.9 Å². The van der Waals surface area contributed by atoms with Crippen LogP contribution >= 0.6 is 0 Å². The zero-order chi connectivity index (χ0) is 54.7. The van der Waals surface area contributed by atoms with Crippen molar-refractivity contribution in [2.24, 2.45) is 71.6 Å². The van der Waals surface area contributed by atoms with Crippen LogP contribution in [0.2, 0.25) is 0 Å². The van der Waals surface area contributed by atoms with E-state index in [0.717, 1.165) is 21.5 Å². The number of hydrogen-bond acceptors (Lipinski definition) is 16. The Bertz CT molecular complexity index is 3240.